The molecule has 1 N–H and O–H groups in total. The lowest BCUT2D eigenvalue weighted by Gasteiger charge is -2.45. The maximum atomic E-state index is 13.8. The van der Waals surface area contributed by atoms with Gasteiger partial charge in [0, 0.05) is 24.8 Å². The zero-order valence-electron chi connectivity index (χ0n) is 16.9. The molecule has 8 atom stereocenters. The monoisotopic (exact) mass is 388 g/mol. The van der Waals surface area contributed by atoms with E-state index in [-0.39, 0.29) is 35.4 Å². The number of rotatable bonds is 1. The number of carbonyl (C=O) groups excluding carboxylic acids is 3. The van der Waals surface area contributed by atoms with Crippen molar-refractivity contribution in [3.8, 4) is 0 Å². The molecule has 0 saturated heterocycles. The van der Waals surface area contributed by atoms with Crippen molar-refractivity contribution in [1.82, 2.24) is 0 Å². The molecule has 0 radical (unpaired) electrons. The van der Waals surface area contributed by atoms with E-state index in [1.54, 1.807) is 0 Å². The van der Waals surface area contributed by atoms with Crippen LogP contribution < -0.4 is 0 Å². The summed E-state index contributed by atoms with van der Waals surface area (Å²) in [7, 11) is 0. The molecule has 0 aromatic heterocycles. The van der Waals surface area contributed by atoms with Crippen molar-refractivity contribution in [3.63, 3.8) is 0 Å². The van der Waals surface area contributed by atoms with Crippen LogP contribution in [-0.2, 0) is 23.9 Å². The van der Waals surface area contributed by atoms with Crippen molar-refractivity contribution in [2.75, 3.05) is 6.61 Å². The first kappa shape index (κ1) is 18.5. The quantitative estimate of drug-likeness (QED) is 0.691. The zero-order valence-corrected chi connectivity index (χ0v) is 16.9. The molecule has 6 heteroatoms. The molecular weight excluding hydrogens is 360 g/mol. The predicted octanol–water partition coefficient (Wildman–Crippen LogP) is 1.98. The first-order chi connectivity index (χ1) is 13.1. The van der Waals surface area contributed by atoms with Gasteiger partial charge in [0.2, 0.25) is 0 Å². The fourth-order valence-electron chi connectivity index (χ4n) is 7.73. The molecule has 5 aliphatic rings. The van der Waals surface area contributed by atoms with Crippen LogP contribution >= 0.6 is 0 Å². The number of ketones is 2. The Morgan fingerprint density at radius 2 is 1.93 bits per heavy atom. The van der Waals surface area contributed by atoms with Crippen molar-refractivity contribution in [2.24, 2.45) is 28.1 Å². The maximum Gasteiger partial charge on any atom is 0.303 e. The summed E-state index contributed by atoms with van der Waals surface area (Å²) in [6.45, 7) is 7.71. The number of hydrogen-bond donors (Lipinski definition) is 1. The van der Waals surface area contributed by atoms with Crippen molar-refractivity contribution in [3.05, 3.63) is 11.1 Å². The number of aliphatic hydroxyl groups is 1. The van der Waals surface area contributed by atoms with Gasteiger partial charge in [-0.2, -0.15) is 0 Å². The Kier molecular flexibility index (Phi) is 3.52. The first-order valence-electron chi connectivity index (χ1n) is 10.4. The van der Waals surface area contributed by atoms with Gasteiger partial charge in [0.15, 0.2) is 17.7 Å². The largest absolute Gasteiger partial charge is 0.454 e. The van der Waals surface area contributed by atoms with Gasteiger partial charge in [0.25, 0.3) is 0 Å². The Bertz CT molecular complexity index is 844. The molecule has 152 valence electrons. The van der Waals surface area contributed by atoms with E-state index < -0.39 is 35.1 Å². The Morgan fingerprint density at radius 3 is 2.61 bits per heavy atom. The summed E-state index contributed by atoms with van der Waals surface area (Å²) in [4.78, 5) is 38.2. The van der Waals surface area contributed by atoms with Gasteiger partial charge < -0.3 is 14.6 Å². The Morgan fingerprint density at radius 1 is 1.21 bits per heavy atom. The zero-order chi connectivity index (χ0) is 20.2. The highest BCUT2D eigenvalue weighted by Gasteiger charge is 2.82. The Balaban J connectivity index is 1.75. The minimum atomic E-state index is -1.16. The standard InChI is InChI=1S/C22H28O6/c1-10-14-16(28-11(2)23)18(26)22(17(10)25)19-15-12(9-27-19)13(24)5-6-20(15,3)7-8-21(14,22)4/h10,14,16-17,19,25H,5-9H2,1-4H3/t10-,14+,16+,17+,19+,20+,21-,22-/m1/s1. The summed E-state index contributed by atoms with van der Waals surface area (Å²) < 4.78 is 11.7. The maximum absolute atomic E-state index is 13.8. The van der Waals surface area contributed by atoms with Crippen LogP contribution in [0, 0.1) is 28.1 Å². The van der Waals surface area contributed by atoms with E-state index in [1.807, 2.05) is 6.92 Å². The number of ether oxygens (including phenoxy) is 2. The van der Waals surface area contributed by atoms with Gasteiger partial charge in [-0.25, -0.2) is 0 Å². The van der Waals surface area contributed by atoms with Crippen LogP contribution in [0.25, 0.3) is 0 Å². The van der Waals surface area contributed by atoms with E-state index in [2.05, 4.69) is 13.8 Å². The second kappa shape index (κ2) is 5.33. The van der Waals surface area contributed by atoms with Crippen molar-refractivity contribution in [2.45, 2.75) is 71.7 Å². The normalized spacial score (nSPS) is 51.8. The fraction of sp³-hybridized carbons (Fsp3) is 0.773. The molecule has 3 saturated carbocycles. The number of Topliss-reactive ketones (excluding diaryl/α,β-unsaturated/α-hetero) is 2. The summed E-state index contributed by atoms with van der Waals surface area (Å²) >= 11 is 0. The lowest BCUT2D eigenvalue weighted by molar-refractivity contribution is -0.170. The highest BCUT2D eigenvalue weighted by molar-refractivity contribution is 6.01. The Hall–Kier alpha value is -1.53. The molecule has 1 heterocycles. The topological polar surface area (TPSA) is 89.9 Å². The average molecular weight is 388 g/mol. The van der Waals surface area contributed by atoms with Crippen LogP contribution in [0.2, 0.25) is 0 Å². The smallest absolute Gasteiger partial charge is 0.303 e. The van der Waals surface area contributed by atoms with Gasteiger partial charge in [-0.15, -0.1) is 0 Å². The van der Waals surface area contributed by atoms with Crippen LogP contribution in [-0.4, -0.2) is 47.6 Å². The molecule has 5 rings (SSSR count). The molecule has 4 aliphatic carbocycles. The van der Waals surface area contributed by atoms with E-state index in [1.165, 1.54) is 6.92 Å². The molecule has 28 heavy (non-hydrogen) atoms. The van der Waals surface area contributed by atoms with E-state index >= 15 is 0 Å². The van der Waals surface area contributed by atoms with E-state index in [9.17, 15) is 19.5 Å². The third-order valence-corrected chi connectivity index (χ3v) is 8.98. The van der Waals surface area contributed by atoms with Gasteiger partial charge in [0.1, 0.15) is 0 Å². The lowest BCUT2D eigenvalue weighted by Crippen LogP contribution is -2.58. The molecule has 3 fully saturated rings. The van der Waals surface area contributed by atoms with E-state index in [0.717, 1.165) is 24.8 Å². The molecule has 0 unspecified atom stereocenters. The van der Waals surface area contributed by atoms with Crippen molar-refractivity contribution in [1.29, 1.82) is 0 Å². The third kappa shape index (κ3) is 1.76. The number of esters is 1. The molecule has 0 amide bonds. The Labute approximate surface area is 164 Å². The summed E-state index contributed by atoms with van der Waals surface area (Å²) in [5.74, 6) is -1.03. The molecule has 0 aromatic rings. The summed E-state index contributed by atoms with van der Waals surface area (Å²) in [5.41, 5.74) is -0.239. The lowest BCUT2D eigenvalue weighted by atomic mass is 9.60. The van der Waals surface area contributed by atoms with Gasteiger partial charge in [0.05, 0.1) is 24.2 Å². The van der Waals surface area contributed by atoms with Crippen LogP contribution in [0.5, 0.6) is 0 Å². The van der Waals surface area contributed by atoms with Crippen molar-refractivity contribution >= 4 is 17.5 Å². The van der Waals surface area contributed by atoms with Gasteiger partial charge in [-0.05, 0) is 41.6 Å². The summed E-state index contributed by atoms with van der Waals surface area (Å²) in [6, 6.07) is 0. The molecule has 0 aromatic carbocycles. The average Bonchev–Trinajstić information content (AvgIpc) is 3.17. The van der Waals surface area contributed by atoms with Crippen LogP contribution in [0.4, 0.5) is 0 Å². The fourth-order valence-corrected chi connectivity index (χ4v) is 7.73. The number of hydrogen-bond acceptors (Lipinski definition) is 6. The molecule has 1 aliphatic heterocycles. The number of aliphatic hydroxyl groups excluding tert-OH is 1. The second-order valence-corrected chi connectivity index (χ2v) is 10.1. The van der Waals surface area contributed by atoms with Crippen LogP contribution in [0.1, 0.15) is 53.4 Å². The molecule has 6 nitrogen and oxygen atoms in total. The van der Waals surface area contributed by atoms with Crippen LogP contribution in [0.15, 0.2) is 11.1 Å². The molecule has 2 bridgehead atoms. The van der Waals surface area contributed by atoms with E-state index in [0.29, 0.717) is 12.0 Å². The predicted molar refractivity (Wildman–Crippen MR) is 98.1 cm³/mol. The summed E-state index contributed by atoms with van der Waals surface area (Å²) in [5, 5.41) is 11.4. The van der Waals surface area contributed by atoms with Crippen LogP contribution in [0.3, 0.4) is 0 Å². The third-order valence-electron chi connectivity index (χ3n) is 8.98. The minimum Gasteiger partial charge on any atom is -0.454 e. The highest BCUT2D eigenvalue weighted by atomic mass is 16.5. The second-order valence-electron chi connectivity index (χ2n) is 10.1. The first-order valence-corrected chi connectivity index (χ1v) is 10.4. The van der Waals surface area contributed by atoms with Gasteiger partial charge in [-0.1, -0.05) is 20.8 Å². The van der Waals surface area contributed by atoms with Gasteiger partial charge in [-0.3, -0.25) is 14.4 Å². The molecule has 0 spiro atoms. The summed E-state index contributed by atoms with van der Waals surface area (Å²) in [6.07, 6.45) is 0.517. The minimum absolute atomic E-state index is 0.106. The molecular formula is C22H28O6. The van der Waals surface area contributed by atoms with E-state index in [4.69, 9.17) is 9.47 Å². The van der Waals surface area contributed by atoms with Gasteiger partial charge >= 0.3 is 5.97 Å². The SMILES string of the molecule is CC(=O)O[C@@H]1C(=O)[C@]23[C@H]4OCC5=C4[C@@](C)(CCC5=O)CC[C@]2(C)[C@H]1[C@@H](C)[C@@H]3O. The number of carbonyl (C=O) groups is 3. The highest BCUT2D eigenvalue weighted by Crippen LogP contribution is 2.74. The van der Waals surface area contributed by atoms with Crippen molar-refractivity contribution < 1.29 is 29.0 Å².